The van der Waals surface area contributed by atoms with E-state index in [2.05, 4.69) is 40.1 Å². The number of ether oxygens (including phenoxy) is 1. The van der Waals surface area contributed by atoms with Gasteiger partial charge in [-0.05, 0) is 28.4 Å². The maximum absolute atomic E-state index is 5.67. The van der Waals surface area contributed by atoms with E-state index in [-0.39, 0.29) is 6.04 Å². The van der Waals surface area contributed by atoms with E-state index in [4.69, 9.17) is 4.74 Å². The summed E-state index contributed by atoms with van der Waals surface area (Å²) < 4.78 is 8.56. The number of nitrogens with zero attached hydrogens (tertiary/aromatic N) is 2. The standard InChI is InChI=1S/C13H15BrN2O/c1-11(16-8-13(14)7-15-16)9-17-10-12-5-3-2-4-6-12/h2-8,11H,9-10H2,1H3. The average molecular weight is 295 g/mol. The van der Waals surface area contributed by atoms with Gasteiger partial charge in [-0.2, -0.15) is 5.10 Å². The molecule has 0 spiro atoms. The number of aromatic nitrogens is 2. The Kier molecular flexibility index (Phi) is 4.34. The number of hydrogen-bond donors (Lipinski definition) is 0. The highest BCUT2D eigenvalue weighted by Crippen LogP contribution is 2.12. The molecule has 0 saturated carbocycles. The average Bonchev–Trinajstić information content (AvgIpc) is 2.77. The van der Waals surface area contributed by atoms with Gasteiger partial charge in [-0.1, -0.05) is 30.3 Å². The molecule has 0 fully saturated rings. The van der Waals surface area contributed by atoms with Gasteiger partial charge < -0.3 is 4.74 Å². The quantitative estimate of drug-likeness (QED) is 0.845. The summed E-state index contributed by atoms with van der Waals surface area (Å²) in [6, 6.07) is 10.4. The fraction of sp³-hybridized carbons (Fsp3) is 0.308. The van der Waals surface area contributed by atoms with Crippen molar-refractivity contribution < 1.29 is 4.74 Å². The summed E-state index contributed by atoms with van der Waals surface area (Å²) in [5.41, 5.74) is 1.20. The van der Waals surface area contributed by atoms with Crippen LogP contribution in [0.5, 0.6) is 0 Å². The number of halogens is 1. The van der Waals surface area contributed by atoms with Crippen molar-refractivity contribution >= 4 is 15.9 Å². The van der Waals surface area contributed by atoms with E-state index >= 15 is 0 Å². The van der Waals surface area contributed by atoms with E-state index in [0.717, 1.165) is 4.47 Å². The lowest BCUT2D eigenvalue weighted by molar-refractivity contribution is 0.0914. The van der Waals surface area contributed by atoms with Crippen molar-refractivity contribution in [1.29, 1.82) is 0 Å². The van der Waals surface area contributed by atoms with Crippen LogP contribution < -0.4 is 0 Å². The SMILES string of the molecule is CC(COCc1ccccc1)n1cc(Br)cn1. The third-order valence-electron chi connectivity index (χ3n) is 2.49. The highest BCUT2D eigenvalue weighted by Gasteiger charge is 2.05. The highest BCUT2D eigenvalue weighted by atomic mass is 79.9. The molecule has 1 heterocycles. The largest absolute Gasteiger partial charge is 0.375 e. The molecule has 0 aliphatic rings. The Bertz CT molecular complexity index is 455. The summed E-state index contributed by atoms with van der Waals surface area (Å²) in [6.07, 6.45) is 3.74. The Labute approximate surface area is 110 Å². The van der Waals surface area contributed by atoms with Crippen molar-refractivity contribution in [3.05, 3.63) is 52.8 Å². The van der Waals surface area contributed by atoms with Crippen LogP contribution in [0.3, 0.4) is 0 Å². The third-order valence-corrected chi connectivity index (χ3v) is 2.90. The van der Waals surface area contributed by atoms with Crippen LogP contribution in [-0.2, 0) is 11.3 Å². The van der Waals surface area contributed by atoms with E-state index in [1.807, 2.05) is 29.1 Å². The molecule has 0 N–H and O–H groups in total. The van der Waals surface area contributed by atoms with Crippen LogP contribution in [0.4, 0.5) is 0 Å². The topological polar surface area (TPSA) is 27.1 Å². The Hall–Kier alpha value is -1.13. The third kappa shape index (κ3) is 3.68. The molecule has 1 atom stereocenters. The van der Waals surface area contributed by atoms with E-state index in [1.54, 1.807) is 6.20 Å². The molecule has 0 bridgehead atoms. The molecule has 3 nitrogen and oxygen atoms in total. The first-order chi connectivity index (χ1) is 8.25. The fourth-order valence-electron chi connectivity index (χ4n) is 1.55. The molecule has 1 aromatic heterocycles. The molecule has 2 rings (SSSR count). The van der Waals surface area contributed by atoms with Gasteiger partial charge in [-0.15, -0.1) is 0 Å². The monoisotopic (exact) mass is 294 g/mol. The lowest BCUT2D eigenvalue weighted by Crippen LogP contribution is -2.12. The smallest absolute Gasteiger partial charge is 0.0725 e. The maximum Gasteiger partial charge on any atom is 0.0725 e. The summed E-state index contributed by atoms with van der Waals surface area (Å²) in [6.45, 7) is 3.39. The Morgan fingerprint density at radius 2 is 2.12 bits per heavy atom. The minimum atomic E-state index is 0.241. The van der Waals surface area contributed by atoms with Gasteiger partial charge in [-0.3, -0.25) is 4.68 Å². The van der Waals surface area contributed by atoms with Crippen LogP contribution in [0.25, 0.3) is 0 Å². The van der Waals surface area contributed by atoms with Crippen LogP contribution in [0.1, 0.15) is 18.5 Å². The van der Waals surface area contributed by atoms with Crippen molar-refractivity contribution in [2.24, 2.45) is 0 Å². The fourth-order valence-corrected chi connectivity index (χ4v) is 1.86. The van der Waals surface area contributed by atoms with Crippen molar-refractivity contribution in [3.8, 4) is 0 Å². The molecule has 0 saturated heterocycles. The summed E-state index contributed by atoms with van der Waals surface area (Å²) >= 11 is 3.38. The van der Waals surface area contributed by atoms with E-state index in [9.17, 15) is 0 Å². The Balaban J connectivity index is 1.79. The molecule has 0 aliphatic carbocycles. The lowest BCUT2D eigenvalue weighted by atomic mass is 10.2. The number of benzene rings is 1. The molecule has 0 amide bonds. The van der Waals surface area contributed by atoms with Crippen molar-refractivity contribution in [2.45, 2.75) is 19.6 Å². The van der Waals surface area contributed by atoms with Gasteiger partial charge in [0.2, 0.25) is 0 Å². The van der Waals surface area contributed by atoms with Crippen molar-refractivity contribution in [2.75, 3.05) is 6.61 Å². The van der Waals surface area contributed by atoms with Gasteiger partial charge in [0.05, 0.1) is 29.9 Å². The first kappa shape index (κ1) is 12.3. The second-order valence-corrected chi connectivity index (χ2v) is 4.90. The van der Waals surface area contributed by atoms with E-state index in [1.165, 1.54) is 5.56 Å². The molecule has 1 unspecified atom stereocenters. The summed E-state index contributed by atoms with van der Waals surface area (Å²) in [5.74, 6) is 0. The molecule has 4 heteroatoms. The van der Waals surface area contributed by atoms with E-state index < -0.39 is 0 Å². The molecular weight excluding hydrogens is 280 g/mol. The highest BCUT2D eigenvalue weighted by molar-refractivity contribution is 9.10. The van der Waals surface area contributed by atoms with Crippen LogP contribution >= 0.6 is 15.9 Å². The van der Waals surface area contributed by atoms with Crippen LogP contribution in [0.2, 0.25) is 0 Å². The van der Waals surface area contributed by atoms with Gasteiger partial charge in [-0.25, -0.2) is 0 Å². The number of rotatable bonds is 5. The van der Waals surface area contributed by atoms with Crippen LogP contribution in [0, 0.1) is 0 Å². The van der Waals surface area contributed by atoms with Gasteiger partial charge in [0, 0.05) is 6.20 Å². The second kappa shape index (κ2) is 5.98. The molecule has 90 valence electrons. The minimum absolute atomic E-state index is 0.241. The molecule has 0 aliphatic heterocycles. The second-order valence-electron chi connectivity index (χ2n) is 3.99. The van der Waals surface area contributed by atoms with Gasteiger partial charge in [0.15, 0.2) is 0 Å². The Morgan fingerprint density at radius 3 is 2.76 bits per heavy atom. The Morgan fingerprint density at radius 1 is 1.35 bits per heavy atom. The zero-order valence-electron chi connectivity index (χ0n) is 9.71. The summed E-state index contributed by atoms with van der Waals surface area (Å²) in [7, 11) is 0. The molecular formula is C13H15BrN2O. The molecule has 0 radical (unpaired) electrons. The first-order valence-corrected chi connectivity index (χ1v) is 6.36. The predicted octanol–water partition coefficient (Wildman–Crippen LogP) is 3.42. The first-order valence-electron chi connectivity index (χ1n) is 5.57. The maximum atomic E-state index is 5.67. The number of hydrogen-bond acceptors (Lipinski definition) is 2. The summed E-state index contributed by atoms with van der Waals surface area (Å²) in [5, 5.41) is 4.23. The lowest BCUT2D eigenvalue weighted by Gasteiger charge is -2.12. The molecule has 17 heavy (non-hydrogen) atoms. The van der Waals surface area contributed by atoms with Gasteiger partial charge >= 0.3 is 0 Å². The molecule has 2 aromatic rings. The summed E-state index contributed by atoms with van der Waals surface area (Å²) in [4.78, 5) is 0. The van der Waals surface area contributed by atoms with Crippen LogP contribution in [-0.4, -0.2) is 16.4 Å². The normalized spacial score (nSPS) is 12.6. The van der Waals surface area contributed by atoms with Crippen molar-refractivity contribution in [1.82, 2.24) is 9.78 Å². The zero-order chi connectivity index (χ0) is 12.1. The molecule has 1 aromatic carbocycles. The van der Waals surface area contributed by atoms with Crippen LogP contribution in [0.15, 0.2) is 47.2 Å². The van der Waals surface area contributed by atoms with Gasteiger partial charge in [0.1, 0.15) is 0 Å². The minimum Gasteiger partial charge on any atom is -0.375 e. The van der Waals surface area contributed by atoms with E-state index in [0.29, 0.717) is 13.2 Å². The zero-order valence-corrected chi connectivity index (χ0v) is 11.3. The predicted molar refractivity (Wildman–Crippen MR) is 70.7 cm³/mol. The van der Waals surface area contributed by atoms with Crippen molar-refractivity contribution in [3.63, 3.8) is 0 Å². The van der Waals surface area contributed by atoms with Gasteiger partial charge in [0.25, 0.3) is 0 Å².